The standard InChI is InChI=1S/C21H24BrNO3.ClH/c1-21(2,14-7-5-4-6-8-14)15-9-10-19(17(22)11-15)26-16-12-18(23-13-16)20(24)25-3;/h4-11,16,18,23H,12-13H2,1-3H3;1H. The van der Waals surface area contributed by atoms with E-state index in [1.54, 1.807) is 0 Å². The van der Waals surface area contributed by atoms with Crippen LogP contribution in [0.2, 0.25) is 0 Å². The van der Waals surface area contributed by atoms with E-state index in [1.165, 1.54) is 18.2 Å². The number of ether oxygens (including phenoxy) is 2. The van der Waals surface area contributed by atoms with Gasteiger partial charge in [0.05, 0.1) is 11.6 Å². The maximum atomic E-state index is 11.6. The van der Waals surface area contributed by atoms with Gasteiger partial charge in [0.25, 0.3) is 0 Å². The van der Waals surface area contributed by atoms with E-state index >= 15 is 0 Å². The van der Waals surface area contributed by atoms with Gasteiger partial charge in [-0.05, 0) is 39.2 Å². The number of carbonyl (C=O) groups excluding carboxylic acids is 1. The Balaban J connectivity index is 0.00000261. The van der Waals surface area contributed by atoms with Crippen LogP contribution < -0.4 is 10.1 Å². The number of benzene rings is 2. The van der Waals surface area contributed by atoms with E-state index in [1.807, 2.05) is 12.1 Å². The second-order valence-corrected chi connectivity index (χ2v) is 7.95. The van der Waals surface area contributed by atoms with Gasteiger partial charge in [0, 0.05) is 18.4 Å². The molecular weight excluding hydrogens is 430 g/mol. The summed E-state index contributed by atoms with van der Waals surface area (Å²) in [6, 6.07) is 16.4. The number of halogens is 2. The molecule has 0 aromatic heterocycles. The Bertz CT molecular complexity index is 782. The van der Waals surface area contributed by atoms with Crippen molar-refractivity contribution >= 4 is 34.3 Å². The zero-order valence-corrected chi connectivity index (χ0v) is 18.1. The molecule has 1 aliphatic rings. The highest BCUT2D eigenvalue weighted by Gasteiger charge is 2.32. The second kappa shape index (κ2) is 9.09. The Hall–Kier alpha value is -1.56. The topological polar surface area (TPSA) is 47.6 Å². The van der Waals surface area contributed by atoms with E-state index in [-0.39, 0.29) is 35.9 Å². The minimum atomic E-state index is -0.292. The predicted octanol–water partition coefficient (Wildman–Crippen LogP) is 4.48. The maximum absolute atomic E-state index is 11.6. The van der Waals surface area contributed by atoms with Crippen molar-refractivity contribution in [2.75, 3.05) is 13.7 Å². The summed E-state index contributed by atoms with van der Waals surface area (Å²) in [6.45, 7) is 5.06. The van der Waals surface area contributed by atoms with E-state index < -0.39 is 0 Å². The Morgan fingerprint density at radius 2 is 1.85 bits per heavy atom. The molecule has 0 spiro atoms. The number of nitrogens with one attached hydrogen (secondary N) is 1. The fraction of sp³-hybridized carbons (Fsp3) is 0.381. The number of carbonyl (C=O) groups is 1. The average molecular weight is 455 g/mol. The van der Waals surface area contributed by atoms with Crippen LogP contribution in [0.15, 0.2) is 53.0 Å². The van der Waals surface area contributed by atoms with Gasteiger partial charge in [-0.2, -0.15) is 0 Å². The SMILES string of the molecule is COC(=O)C1CC(Oc2ccc(C(C)(C)c3ccccc3)cc2Br)CN1.Cl. The van der Waals surface area contributed by atoms with Crippen molar-refractivity contribution in [3.05, 3.63) is 64.1 Å². The molecule has 1 aliphatic heterocycles. The largest absolute Gasteiger partial charge is 0.488 e. The van der Waals surface area contributed by atoms with Crippen molar-refractivity contribution in [3.63, 3.8) is 0 Å². The summed E-state index contributed by atoms with van der Waals surface area (Å²) in [5.41, 5.74) is 2.37. The maximum Gasteiger partial charge on any atom is 0.323 e. The third kappa shape index (κ3) is 4.84. The molecule has 0 bridgehead atoms. The fourth-order valence-electron chi connectivity index (χ4n) is 3.30. The minimum absolute atomic E-state index is 0. The summed E-state index contributed by atoms with van der Waals surface area (Å²) in [6.07, 6.45) is 0.555. The highest BCUT2D eigenvalue weighted by molar-refractivity contribution is 9.10. The number of rotatable bonds is 5. The van der Waals surface area contributed by atoms with Crippen LogP contribution >= 0.6 is 28.3 Å². The van der Waals surface area contributed by atoms with E-state index in [0.29, 0.717) is 13.0 Å². The van der Waals surface area contributed by atoms with Crippen molar-refractivity contribution in [2.24, 2.45) is 0 Å². The zero-order chi connectivity index (χ0) is 18.7. The average Bonchev–Trinajstić information content (AvgIpc) is 3.12. The molecule has 2 unspecified atom stereocenters. The van der Waals surface area contributed by atoms with E-state index in [9.17, 15) is 4.79 Å². The molecule has 27 heavy (non-hydrogen) atoms. The molecule has 146 valence electrons. The smallest absolute Gasteiger partial charge is 0.323 e. The predicted molar refractivity (Wildman–Crippen MR) is 113 cm³/mol. The first-order valence-corrected chi connectivity index (χ1v) is 9.54. The van der Waals surface area contributed by atoms with E-state index in [4.69, 9.17) is 9.47 Å². The second-order valence-electron chi connectivity index (χ2n) is 7.10. The van der Waals surface area contributed by atoms with Crippen LogP contribution in [0.3, 0.4) is 0 Å². The minimum Gasteiger partial charge on any atom is -0.488 e. The van der Waals surface area contributed by atoms with Crippen LogP contribution in [0.25, 0.3) is 0 Å². The molecule has 0 amide bonds. The Morgan fingerprint density at radius 3 is 2.48 bits per heavy atom. The molecule has 1 fully saturated rings. The lowest BCUT2D eigenvalue weighted by Crippen LogP contribution is -2.31. The normalized spacial score (nSPS) is 19.3. The molecule has 3 rings (SSSR count). The highest BCUT2D eigenvalue weighted by atomic mass is 79.9. The van der Waals surface area contributed by atoms with Crippen LogP contribution in [0.4, 0.5) is 0 Å². The van der Waals surface area contributed by atoms with Crippen LogP contribution in [-0.4, -0.2) is 31.8 Å². The van der Waals surface area contributed by atoms with Gasteiger partial charge in [0.15, 0.2) is 0 Å². The van der Waals surface area contributed by atoms with Gasteiger partial charge < -0.3 is 14.8 Å². The van der Waals surface area contributed by atoms with Gasteiger partial charge in [-0.3, -0.25) is 4.79 Å². The first-order valence-electron chi connectivity index (χ1n) is 8.75. The van der Waals surface area contributed by atoms with Gasteiger partial charge in [-0.25, -0.2) is 0 Å². The van der Waals surface area contributed by atoms with Crippen LogP contribution in [-0.2, 0) is 14.9 Å². The highest BCUT2D eigenvalue weighted by Crippen LogP contribution is 2.36. The molecule has 0 radical (unpaired) electrons. The van der Waals surface area contributed by atoms with E-state index in [2.05, 4.69) is 71.5 Å². The Morgan fingerprint density at radius 1 is 1.15 bits per heavy atom. The molecule has 2 atom stereocenters. The molecule has 1 heterocycles. The Kier molecular flexibility index (Phi) is 7.32. The van der Waals surface area contributed by atoms with Crippen molar-refractivity contribution < 1.29 is 14.3 Å². The molecule has 4 nitrogen and oxygen atoms in total. The van der Waals surface area contributed by atoms with Crippen LogP contribution in [0.5, 0.6) is 5.75 Å². The van der Waals surface area contributed by atoms with Gasteiger partial charge in [0.2, 0.25) is 0 Å². The molecule has 6 heteroatoms. The lowest BCUT2D eigenvalue weighted by atomic mass is 9.78. The monoisotopic (exact) mass is 453 g/mol. The molecule has 0 saturated carbocycles. The zero-order valence-electron chi connectivity index (χ0n) is 15.7. The van der Waals surface area contributed by atoms with Crippen molar-refractivity contribution in [3.8, 4) is 5.75 Å². The summed E-state index contributed by atoms with van der Waals surface area (Å²) in [7, 11) is 1.40. The molecule has 2 aromatic rings. The summed E-state index contributed by atoms with van der Waals surface area (Å²) in [5.74, 6) is 0.546. The van der Waals surface area contributed by atoms with Crippen molar-refractivity contribution in [2.45, 2.75) is 37.8 Å². The summed E-state index contributed by atoms with van der Waals surface area (Å²) in [4.78, 5) is 11.6. The van der Waals surface area contributed by atoms with Gasteiger partial charge >= 0.3 is 5.97 Å². The molecular formula is C21H25BrClNO3. The van der Waals surface area contributed by atoms with Gasteiger partial charge in [-0.15, -0.1) is 12.4 Å². The number of hydrogen-bond acceptors (Lipinski definition) is 4. The molecule has 1 N–H and O–H groups in total. The Labute approximate surface area is 175 Å². The fourth-order valence-corrected chi connectivity index (χ4v) is 3.77. The summed E-state index contributed by atoms with van der Waals surface area (Å²) >= 11 is 3.64. The first-order chi connectivity index (χ1) is 12.4. The van der Waals surface area contributed by atoms with Gasteiger partial charge in [0.1, 0.15) is 17.9 Å². The lowest BCUT2D eigenvalue weighted by Gasteiger charge is -2.27. The van der Waals surface area contributed by atoms with Crippen molar-refractivity contribution in [1.82, 2.24) is 5.32 Å². The van der Waals surface area contributed by atoms with Crippen LogP contribution in [0.1, 0.15) is 31.4 Å². The molecule has 2 aromatic carbocycles. The molecule has 1 saturated heterocycles. The number of esters is 1. The lowest BCUT2D eigenvalue weighted by molar-refractivity contribution is -0.142. The van der Waals surface area contributed by atoms with Gasteiger partial charge in [-0.1, -0.05) is 50.2 Å². The first kappa shape index (κ1) is 21.7. The molecule has 0 aliphatic carbocycles. The van der Waals surface area contributed by atoms with E-state index in [0.717, 1.165) is 10.2 Å². The number of hydrogen-bond donors (Lipinski definition) is 1. The third-order valence-electron chi connectivity index (χ3n) is 5.02. The van der Waals surface area contributed by atoms with Crippen LogP contribution in [0, 0.1) is 0 Å². The summed E-state index contributed by atoms with van der Waals surface area (Å²) in [5, 5.41) is 3.14. The quantitative estimate of drug-likeness (QED) is 0.677. The third-order valence-corrected chi connectivity index (χ3v) is 5.64. The number of methoxy groups -OCH3 is 1. The van der Waals surface area contributed by atoms with Crippen molar-refractivity contribution in [1.29, 1.82) is 0 Å². The summed E-state index contributed by atoms with van der Waals surface area (Å²) < 4.78 is 11.8.